The lowest BCUT2D eigenvalue weighted by Gasteiger charge is -2.17. The molecule has 2 N–H and O–H groups in total. The van der Waals surface area contributed by atoms with Gasteiger partial charge in [0.15, 0.2) is 0 Å². The van der Waals surface area contributed by atoms with Gasteiger partial charge >= 0.3 is 0 Å². The predicted molar refractivity (Wildman–Crippen MR) is 70.8 cm³/mol. The van der Waals surface area contributed by atoms with Crippen molar-refractivity contribution in [3.8, 4) is 5.75 Å². The summed E-state index contributed by atoms with van der Waals surface area (Å²) in [6, 6.07) is 8.27. The lowest BCUT2D eigenvalue weighted by molar-refractivity contribution is 0.213. The van der Waals surface area contributed by atoms with Crippen molar-refractivity contribution < 1.29 is 9.13 Å². The molecule has 1 unspecified atom stereocenters. The SMILES string of the molecule is NCC(Oc1ccc(Br)c(F)c1)c1ccncc1. The summed E-state index contributed by atoms with van der Waals surface area (Å²) in [7, 11) is 0. The summed E-state index contributed by atoms with van der Waals surface area (Å²) < 4.78 is 19.4. The minimum atomic E-state index is -0.363. The smallest absolute Gasteiger partial charge is 0.141 e. The third-order valence-corrected chi connectivity index (χ3v) is 3.10. The molecule has 3 nitrogen and oxygen atoms in total. The normalized spacial score (nSPS) is 12.2. The van der Waals surface area contributed by atoms with Gasteiger partial charge in [-0.05, 0) is 45.8 Å². The van der Waals surface area contributed by atoms with Crippen LogP contribution >= 0.6 is 15.9 Å². The summed E-state index contributed by atoms with van der Waals surface area (Å²) in [6.07, 6.45) is 3.03. The van der Waals surface area contributed by atoms with E-state index in [-0.39, 0.29) is 11.9 Å². The van der Waals surface area contributed by atoms with Crippen molar-refractivity contribution in [2.45, 2.75) is 6.10 Å². The van der Waals surface area contributed by atoms with Gasteiger partial charge in [0.05, 0.1) is 4.47 Å². The summed E-state index contributed by atoms with van der Waals surface area (Å²) in [4.78, 5) is 3.93. The maximum absolute atomic E-state index is 13.4. The minimum absolute atomic E-state index is 0.307. The molecule has 1 aromatic heterocycles. The van der Waals surface area contributed by atoms with Crippen LogP contribution in [0.1, 0.15) is 11.7 Å². The van der Waals surface area contributed by atoms with Crippen LogP contribution in [-0.4, -0.2) is 11.5 Å². The molecular formula is C13H12BrFN2O. The van der Waals surface area contributed by atoms with Gasteiger partial charge in [-0.1, -0.05) is 0 Å². The van der Waals surface area contributed by atoms with Gasteiger partial charge in [0.1, 0.15) is 17.7 Å². The molecule has 0 saturated heterocycles. The molecule has 1 atom stereocenters. The average molecular weight is 311 g/mol. The van der Waals surface area contributed by atoms with Crippen molar-refractivity contribution in [1.82, 2.24) is 4.98 Å². The summed E-state index contributed by atoms with van der Waals surface area (Å²) in [5.41, 5.74) is 6.58. The molecule has 1 heterocycles. The van der Waals surface area contributed by atoms with Crippen LogP contribution in [0.4, 0.5) is 4.39 Å². The Balaban J connectivity index is 2.18. The van der Waals surface area contributed by atoms with Gasteiger partial charge in [0.25, 0.3) is 0 Å². The molecule has 0 saturated carbocycles. The van der Waals surface area contributed by atoms with Crippen molar-refractivity contribution in [3.63, 3.8) is 0 Å². The first-order valence-corrected chi connectivity index (χ1v) is 6.21. The summed E-state index contributed by atoms with van der Waals surface area (Å²) >= 11 is 3.09. The van der Waals surface area contributed by atoms with Crippen LogP contribution in [0.3, 0.4) is 0 Å². The Labute approximate surface area is 113 Å². The van der Waals surface area contributed by atoms with E-state index in [0.29, 0.717) is 16.8 Å². The fraction of sp³-hybridized carbons (Fsp3) is 0.154. The van der Waals surface area contributed by atoms with Gasteiger partial charge in [-0.25, -0.2) is 4.39 Å². The van der Waals surface area contributed by atoms with Gasteiger partial charge in [0.2, 0.25) is 0 Å². The highest BCUT2D eigenvalue weighted by Gasteiger charge is 2.12. The molecule has 0 amide bonds. The van der Waals surface area contributed by atoms with Crippen molar-refractivity contribution >= 4 is 15.9 Å². The van der Waals surface area contributed by atoms with Crippen molar-refractivity contribution in [3.05, 3.63) is 58.6 Å². The molecular weight excluding hydrogens is 299 g/mol. The number of benzene rings is 1. The average Bonchev–Trinajstić information content (AvgIpc) is 2.41. The lowest BCUT2D eigenvalue weighted by Crippen LogP contribution is -2.18. The van der Waals surface area contributed by atoms with E-state index in [4.69, 9.17) is 10.5 Å². The molecule has 94 valence electrons. The van der Waals surface area contributed by atoms with Gasteiger partial charge in [-0.2, -0.15) is 0 Å². The molecule has 2 aromatic rings. The Hall–Kier alpha value is -1.46. The second-order valence-electron chi connectivity index (χ2n) is 3.70. The van der Waals surface area contributed by atoms with Crippen LogP contribution in [0.15, 0.2) is 47.2 Å². The number of hydrogen-bond acceptors (Lipinski definition) is 3. The zero-order valence-corrected chi connectivity index (χ0v) is 11.1. The van der Waals surface area contributed by atoms with Crippen molar-refractivity contribution in [2.75, 3.05) is 6.54 Å². The topological polar surface area (TPSA) is 48.1 Å². The highest BCUT2D eigenvalue weighted by atomic mass is 79.9. The van der Waals surface area contributed by atoms with Crippen molar-refractivity contribution in [2.24, 2.45) is 5.73 Å². The molecule has 1 aromatic carbocycles. The molecule has 0 aliphatic carbocycles. The largest absolute Gasteiger partial charge is 0.484 e. The van der Waals surface area contributed by atoms with E-state index >= 15 is 0 Å². The zero-order valence-electron chi connectivity index (χ0n) is 9.51. The summed E-state index contributed by atoms with van der Waals surface area (Å²) in [6.45, 7) is 0.307. The number of nitrogens with two attached hydrogens (primary N) is 1. The number of hydrogen-bond donors (Lipinski definition) is 1. The molecule has 18 heavy (non-hydrogen) atoms. The second kappa shape index (κ2) is 5.93. The summed E-state index contributed by atoms with van der Waals surface area (Å²) in [5.74, 6) is 0.0842. The lowest BCUT2D eigenvalue weighted by atomic mass is 10.1. The maximum Gasteiger partial charge on any atom is 0.141 e. The molecule has 0 spiro atoms. The fourth-order valence-corrected chi connectivity index (χ4v) is 1.79. The Bertz CT molecular complexity index is 522. The molecule has 0 aliphatic rings. The van der Waals surface area contributed by atoms with Crippen LogP contribution in [0.2, 0.25) is 0 Å². The quantitative estimate of drug-likeness (QED) is 0.944. The number of pyridine rings is 1. The molecule has 0 fully saturated rings. The Morgan fingerprint density at radius 2 is 2.00 bits per heavy atom. The van der Waals surface area contributed by atoms with Crippen LogP contribution < -0.4 is 10.5 Å². The third kappa shape index (κ3) is 3.05. The van der Waals surface area contributed by atoms with Crippen molar-refractivity contribution in [1.29, 1.82) is 0 Å². The minimum Gasteiger partial charge on any atom is -0.484 e. The fourth-order valence-electron chi connectivity index (χ4n) is 1.54. The maximum atomic E-state index is 13.4. The van der Waals surface area contributed by atoms with E-state index in [0.717, 1.165) is 5.56 Å². The number of ether oxygens (including phenoxy) is 1. The Morgan fingerprint density at radius 1 is 1.28 bits per heavy atom. The van der Waals surface area contributed by atoms with Gasteiger partial charge in [-0.15, -0.1) is 0 Å². The molecule has 2 rings (SSSR count). The van der Waals surface area contributed by atoms with Crippen LogP contribution in [-0.2, 0) is 0 Å². The summed E-state index contributed by atoms with van der Waals surface area (Å²) in [5, 5.41) is 0. The van der Waals surface area contributed by atoms with Crippen LogP contribution in [0.5, 0.6) is 5.75 Å². The first kappa shape index (κ1) is 13.0. The number of rotatable bonds is 4. The second-order valence-corrected chi connectivity index (χ2v) is 4.55. The molecule has 0 bridgehead atoms. The molecule has 0 aliphatic heterocycles. The van der Waals surface area contributed by atoms with E-state index in [1.807, 2.05) is 12.1 Å². The standard InChI is InChI=1S/C13H12BrFN2O/c14-11-2-1-10(7-12(11)15)18-13(8-16)9-3-5-17-6-4-9/h1-7,13H,8,16H2. The number of aromatic nitrogens is 1. The monoisotopic (exact) mass is 310 g/mol. The van der Waals surface area contributed by atoms with E-state index in [9.17, 15) is 4.39 Å². The van der Waals surface area contributed by atoms with Gasteiger partial charge < -0.3 is 10.5 Å². The predicted octanol–water partition coefficient (Wildman–Crippen LogP) is 3.06. The van der Waals surface area contributed by atoms with Crippen LogP contribution in [0, 0.1) is 5.82 Å². The Morgan fingerprint density at radius 3 is 2.61 bits per heavy atom. The zero-order chi connectivity index (χ0) is 13.0. The highest BCUT2D eigenvalue weighted by Crippen LogP contribution is 2.25. The van der Waals surface area contributed by atoms with Gasteiger partial charge in [-0.3, -0.25) is 4.98 Å². The van der Waals surface area contributed by atoms with E-state index in [1.54, 1.807) is 24.5 Å². The first-order chi connectivity index (χ1) is 8.70. The molecule has 0 radical (unpaired) electrons. The number of nitrogens with zero attached hydrogens (tertiary/aromatic N) is 1. The Kier molecular flexibility index (Phi) is 4.28. The first-order valence-electron chi connectivity index (χ1n) is 5.42. The molecule has 5 heteroatoms. The highest BCUT2D eigenvalue weighted by molar-refractivity contribution is 9.10. The third-order valence-electron chi connectivity index (χ3n) is 2.46. The van der Waals surface area contributed by atoms with E-state index < -0.39 is 0 Å². The van der Waals surface area contributed by atoms with Gasteiger partial charge in [0, 0.05) is 25.0 Å². The number of halogens is 2. The van der Waals surface area contributed by atoms with Crippen LogP contribution in [0.25, 0.3) is 0 Å². The van der Waals surface area contributed by atoms with E-state index in [1.165, 1.54) is 6.07 Å². The van der Waals surface area contributed by atoms with E-state index in [2.05, 4.69) is 20.9 Å².